The van der Waals surface area contributed by atoms with Gasteiger partial charge in [0.05, 0.1) is 36.1 Å². The largest absolute Gasteiger partial charge is 0.493 e. The number of hydrogen-bond acceptors (Lipinski definition) is 7. The van der Waals surface area contributed by atoms with Crippen molar-refractivity contribution < 1.29 is 42.1 Å². The maximum Gasteiger partial charge on any atom is 0.406 e. The van der Waals surface area contributed by atoms with E-state index < -0.39 is 61.0 Å². The van der Waals surface area contributed by atoms with Crippen molar-refractivity contribution in [3.8, 4) is 5.75 Å². The highest BCUT2D eigenvalue weighted by molar-refractivity contribution is 5.85. The number of rotatable bonds is 9. The van der Waals surface area contributed by atoms with Crippen LogP contribution in [-0.4, -0.2) is 69.9 Å². The van der Waals surface area contributed by atoms with Gasteiger partial charge in [-0.1, -0.05) is 6.07 Å². The van der Waals surface area contributed by atoms with Gasteiger partial charge >= 0.3 is 18.1 Å². The molecule has 1 aromatic carbocycles. The van der Waals surface area contributed by atoms with E-state index in [1.54, 1.807) is 39.0 Å². The van der Waals surface area contributed by atoms with Crippen molar-refractivity contribution in [2.75, 3.05) is 31.6 Å². The number of carbonyl (C=O) groups excluding carboxylic acids is 2. The van der Waals surface area contributed by atoms with Gasteiger partial charge in [0.25, 0.3) is 0 Å². The average Bonchev–Trinajstić information content (AvgIpc) is 3.25. The van der Waals surface area contributed by atoms with Gasteiger partial charge in [-0.2, -0.15) is 13.2 Å². The molecule has 1 amide bonds. The molecule has 2 aliphatic heterocycles. The van der Waals surface area contributed by atoms with Gasteiger partial charge < -0.3 is 29.4 Å². The summed E-state index contributed by atoms with van der Waals surface area (Å²) in [7, 11) is 0. The summed E-state index contributed by atoms with van der Waals surface area (Å²) in [6.45, 7) is 4.65. The molecule has 4 rings (SSSR count). The number of halogens is 3. The molecule has 0 bridgehead atoms. The van der Waals surface area contributed by atoms with Crippen molar-refractivity contribution in [3.63, 3.8) is 0 Å². The monoisotopic (exact) mass is 580 g/mol. The quantitative estimate of drug-likeness (QED) is 0.427. The number of hydrogen-bond donors (Lipinski definition) is 2. The van der Waals surface area contributed by atoms with Gasteiger partial charge in [-0.25, -0.2) is 4.98 Å². The molecule has 2 N–H and O–H groups in total. The van der Waals surface area contributed by atoms with E-state index >= 15 is 0 Å². The summed E-state index contributed by atoms with van der Waals surface area (Å²) in [6.07, 6.45) is -2.04. The van der Waals surface area contributed by atoms with Crippen LogP contribution < -0.4 is 10.1 Å². The second-order valence-electron chi connectivity index (χ2n) is 11.4. The number of nitrogens with one attached hydrogen (secondary N) is 1. The predicted molar refractivity (Wildman–Crippen MR) is 141 cm³/mol. The van der Waals surface area contributed by atoms with E-state index in [1.807, 2.05) is 10.8 Å². The Labute approximate surface area is 235 Å². The first-order chi connectivity index (χ1) is 19.2. The molecule has 224 valence electrons. The lowest BCUT2D eigenvalue weighted by Gasteiger charge is -2.33. The Kier molecular flexibility index (Phi) is 8.83. The maximum atomic E-state index is 13.7. The van der Waals surface area contributed by atoms with Crippen molar-refractivity contribution in [3.05, 3.63) is 41.2 Å². The molecule has 41 heavy (non-hydrogen) atoms. The molecule has 10 nitrogen and oxygen atoms in total. The van der Waals surface area contributed by atoms with Crippen LogP contribution in [0, 0.1) is 11.3 Å². The highest BCUT2D eigenvalue weighted by Crippen LogP contribution is 2.37. The zero-order valence-electron chi connectivity index (χ0n) is 23.3. The molecule has 2 unspecified atom stereocenters. The fourth-order valence-electron chi connectivity index (χ4n) is 5.00. The molecule has 0 aliphatic carbocycles. The van der Waals surface area contributed by atoms with Crippen molar-refractivity contribution in [1.82, 2.24) is 14.5 Å². The van der Waals surface area contributed by atoms with E-state index in [-0.39, 0.29) is 13.0 Å². The first kappa shape index (κ1) is 30.2. The molecule has 3 heterocycles. The lowest BCUT2D eigenvalue weighted by atomic mass is 9.93. The molecule has 0 saturated heterocycles. The summed E-state index contributed by atoms with van der Waals surface area (Å²) >= 11 is 0. The number of nitrogens with zero attached hydrogens (tertiary/aromatic N) is 3. The number of benzene rings is 1. The fourth-order valence-corrected chi connectivity index (χ4v) is 5.00. The summed E-state index contributed by atoms with van der Waals surface area (Å²) < 4.78 is 54.5. The van der Waals surface area contributed by atoms with Crippen molar-refractivity contribution in [2.45, 2.75) is 65.2 Å². The van der Waals surface area contributed by atoms with Gasteiger partial charge in [0, 0.05) is 25.7 Å². The number of carbonyl (C=O) groups is 3. The van der Waals surface area contributed by atoms with Crippen LogP contribution >= 0.6 is 0 Å². The van der Waals surface area contributed by atoms with E-state index in [4.69, 9.17) is 9.47 Å². The van der Waals surface area contributed by atoms with E-state index in [2.05, 4.69) is 10.3 Å². The summed E-state index contributed by atoms with van der Waals surface area (Å²) in [5.41, 5.74) is 0.711. The third-order valence-electron chi connectivity index (χ3n) is 7.02. The molecular weight excluding hydrogens is 545 g/mol. The number of alkyl halides is 3. The average molecular weight is 581 g/mol. The summed E-state index contributed by atoms with van der Waals surface area (Å²) in [5.74, 6) is -2.97. The minimum Gasteiger partial charge on any atom is -0.493 e. The number of aryl methyl sites for hydroxylation is 1. The van der Waals surface area contributed by atoms with Gasteiger partial charge in [0.2, 0.25) is 11.9 Å². The van der Waals surface area contributed by atoms with Gasteiger partial charge in [-0.15, -0.1) is 0 Å². The standard InChI is InChI=1S/C28H35F3N4O6/c1-27(2,3)25(39)41-15-22-21-13-20(40-10-7-19-14-34-9-4-8-32-26(34)33-19)6-5-17(21)11-18(12-23(36)37)24(38)35(22)16-28(29,30)31/h5-6,13-14,18,22H,4,7-12,15-16H2,1-3H3,(H,32,33)(H,36,37). The molecule has 2 atom stereocenters. The van der Waals surface area contributed by atoms with Crippen LogP contribution in [0.15, 0.2) is 24.4 Å². The topological polar surface area (TPSA) is 123 Å². The van der Waals surface area contributed by atoms with Crippen LogP contribution in [0.25, 0.3) is 0 Å². The Bertz CT molecular complexity index is 1260. The number of aliphatic carboxylic acids is 1. The first-order valence-electron chi connectivity index (χ1n) is 13.5. The van der Waals surface area contributed by atoms with Crippen LogP contribution in [0.2, 0.25) is 0 Å². The third kappa shape index (κ3) is 7.70. The van der Waals surface area contributed by atoms with Crippen LogP contribution in [-0.2, 0) is 38.5 Å². The molecule has 13 heteroatoms. The second kappa shape index (κ2) is 12.0. The smallest absolute Gasteiger partial charge is 0.406 e. The molecule has 0 saturated carbocycles. The highest BCUT2D eigenvalue weighted by atomic mass is 19.4. The normalized spacial score (nSPS) is 19.1. The molecule has 1 aromatic heterocycles. The van der Waals surface area contributed by atoms with E-state index in [1.165, 1.54) is 0 Å². The molecule has 0 spiro atoms. The minimum absolute atomic E-state index is 0.0773. The number of aromatic nitrogens is 2. The lowest BCUT2D eigenvalue weighted by Crippen LogP contribution is -2.45. The zero-order chi connectivity index (χ0) is 29.9. The Morgan fingerprint density at radius 3 is 2.63 bits per heavy atom. The Morgan fingerprint density at radius 2 is 1.98 bits per heavy atom. The van der Waals surface area contributed by atoms with Crippen LogP contribution in [0.4, 0.5) is 19.1 Å². The summed E-state index contributed by atoms with van der Waals surface area (Å²) in [5, 5.41) is 12.6. The number of esters is 1. The third-order valence-corrected chi connectivity index (χ3v) is 7.02. The van der Waals surface area contributed by atoms with Crippen molar-refractivity contribution in [1.29, 1.82) is 0 Å². The number of anilines is 1. The Balaban J connectivity index is 1.62. The number of carboxylic acid groups (broad SMARTS) is 1. The van der Waals surface area contributed by atoms with Crippen LogP contribution in [0.3, 0.4) is 0 Å². The second-order valence-corrected chi connectivity index (χ2v) is 11.4. The van der Waals surface area contributed by atoms with Crippen molar-refractivity contribution in [2.24, 2.45) is 11.3 Å². The van der Waals surface area contributed by atoms with E-state index in [0.717, 1.165) is 31.2 Å². The Hall–Kier alpha value is -3.77. The molecule has 0 fully saturated rings. The molecule has 2 aromatic rings. The van der Waals surface area contributed by atoms with E-state index in [9.17, 15) is 32.7 Å². The predicted octanol–water partition coefficient (Wildman–Crippen LogP) is 3.99. The molecule has 0 radical (unpaired) electrons. The number of fused-ring (bicyclic) bond motifs is 2. The molecule has 2 aliphatic rings. The maximum absolute atomic E-state index is 13.7. The fraction of sp³-hybridized carbons (Fsp3) is 0.571. The summed E-state index contributed by atoms with van der Waals surface area (Å²) in [6, 6.07) is 3.52. The van der Waals surface area contributed by atoms with Crippen LogP contribution in [0.5, 0.6) is 5.75 Å². The number of ether oxygens (including phenoxy) is 2. The van der Waals surface area contributed by atoms with Crippen molar-refractivity contribution >= 4 is 23.8 Å². The minimum atomic E-state index is -4.77. The highest BCUT2D eigenvalue weighted by Gasteiger charge is 2.43. The first-order valence-corrected chi connectivity index (χ1v) is 13.5. The number of imidazole rings is 1. The van der Waals surface area contributed by atoms with E-state index in [0.29, 0.717) is 28.2 Å². The SMILES string of the molecule is CC(C)(C)C(=O)OCC1c2cc(OCCc3cn4c(n3)NCCC4)ccc2CC(CC(=O)O)C(=O)N1CC(F)(F)F. The molecular formula is C28H35F3N4O6. The van der Waals surface area contributed by atoms with Crippen LogP contribution in [0.1, 0.15) is 56.5 Å². The Morgan fingerprint density at radius 1 is 1.22 bits per heavy atom. The van der Waals surface area contributed by atoms with Gasteiger partial charge in [-0.05, 0) is 56.9 Å². The number of carboxylic acids is 1. The van der Waals surface area contributed by atoms with Gasteiger partial charge in [-0.3, -0.25) is 14.4 Å². The summed E-state index contributed by atoms with van der Waals surface area (Å²) in [4.78, 5) is 42.5. The van der Waals surface area contributed by atoms with Gasteiger partial charge in [0.15, 0.2) is 0 Å². The zero-order valence-corrected chi connectivity index (χ0v) is 23.3. The number of amides is 1. The van der Waals surface area contributed by atoms with Gasteiger partial charge in [0.1, 0.15) is 18.9 Å². The lowest BCUT2D eigenvalue weighted by molar-refractivity contribution is -0.174.